The number of hydrogen-bond acceptors (Lipinski definition) is 3. The summed E-state index contributed by atoms with van der Waals surface area (Å²) < 4.78 is 0. The van der Waals surface area contributed by atoms with Crippen LogP contribution in [0.15, 0.2) is 0 Å². The molecule has 0 aromatic rings. The molecule has 0 fully saturated rings. The van der Waals surface area contributed by atoms with Crippen LogP contribution >= 0.6 is 0 Å². The van der Waals surface area contributed by atoms with Gasteiger partial charge in [0.2, 0.25) is 0 Å². The first kappa shape index (κ1) is 13.9. The first-order valence-electron chi connectivity index (χ1n) is 5.24. The van der Waals surface area contributed by atoms with Crippen molar-refractivity contribution in [2.24, 2.45) is 5.73 Å². The van der Waals surface area contributed by atoms with Gasteiger partial charge in [0.1, 0.15) is 0 Å². The number of hydrogen-bond donors (Lipinski definition) is 1. The normalized spacial score (nSPS) is 14.1. The van der Waals surface area contributed by atoms with Crippen LogP contribution in [0, 0.1) is 0 Å². The summed E-state index contributed by atoms with van der Waals surface area (Å²) in [6, 6.07) is 0.384. The minimum atomic E-state index is -0.211. The predicted molar refractivity (Wildman–Crippen MR) is 60.9 cm³/mol. The van der Waals surface area contributed by atoms with E-state index in [2.05, 4.69) is 27.7 Å². The molecule has 86 valence electrons. The second-order valence-corrected chi connectivity index (χ2v) is 5.66. The number of hydroxylamine groups is 2. The fourth-order valence-corrected chi connectivity index (χ4v) is 1.62. The third kappa shape index (κ3) is 6.35. The van der Waals surface area contributed by atoms with Crippen molar-refractivity contribution in [2.45, 2.75) is 65.1 Å². The molecule has 0 aliphatic carbocycles. The molecule has 0 saturated heterocycles. The Morgan fingerprint density at radius 2 is 1.64 bits per heavy atom. The largest absolute Gasteiger partial charge is 0.325 e. The van der Waals surface area contributed by atoms with Crippen molar-refractivity contribution >= 4 is 0 Å². The molecule has 0 aliphatic rings. The Kier molecular flexibility index (Phi) is 4.56. The van der Waals surface area contributed by atoms with E-state index in [0.29, 0.717) is 6.04 Å². The Labute approximate surface area is 88.6 Å². The van der Waals surface area contributed by atoms with Crippen molar-refractivity contribution < 1.29 is 4.84 Å². The van der Waals surface area contributed by atoms with E-state index in [-0.39, 0.29) is 11.1 Å². The lowest BCUT2D eigenvalue weighted by molar-refractivity contribution is -0.241. The highest BCUT2D eigenvalue weighted by atomic mass is 16.7. The predicted octanol–water partition coefficient (Wildman–Crippen LogP) is 2.16. The molecule has 0 unspecified atom stereocenters. The molecule has 0 atom stereocenters. The molecule has 0 amide bonds. The summed E-state index contributed by atoms with van der Waals surface area (Å²) in [5.74, 6) is 0. The number of rotatable bonds is 5. The highest BCUT2D eigenvalue weighted by Crippen LogP contribution is 2.23. The molecule has 0 bridgehead atoms. The molecular formula is C11H26N2O. The van der Waals surface area contributed by atoms with Crippen LogP contribution < -0.4 is 5.73 Å². The summed E-state index contributed by atoms with van der Waals surface area (Å²) in [5, 5.41) is 1.88. The minimum absolute atomic E-state index is 0.193. The van der Waals surface area contributed by atoms with Gasteiger partial charge in [0, 0.05) is 18.6 Å². The van der Waals surface area contributed by atoms with Gasteiger partial charge in [-0.05, 0) is 48.0 Å². The molecule has 0 heterocycles. The first-order valence-corrected chi connectivity index (χ1v) is 5.24. The second-order valence-electron chi connectivity index (χ2n) is 5.66. The van der Waals surface area contributed by atoms with Gasteiger partial charge >= 0.3 is 0 Å². The van der Waals surface area contributed by atoms with E-state index in [1.54, 1.807) is 0 Å². The van der Waals surface area contributed by atoms with Crippen LogP contribution in [-0.4, -0.2) is 29.3 Å². The number of nitrogens with two attached hydrogens (primary N) is 1. The first-order chi connectivity index (χ1) is 6.03. The maximum absolute atomic E-state index is 5.97. The van der Waals surface area contributed by atoms with Gasteiger partial charge in [-0.15, -0.1) is 0 Å². The van der Waals surface area contributed by atoms with E-state index in [0.717, 1.165) is 6.42 Å². The third-order valence-corrected chi connectivity index (χ3v) is 2.00. The molecule has 0 saturated carbocycles. The highest BCUT2D eigenvalue weighted by molar-refractivity contribution is 4.82. The van der Waals surface area contributed by atoms with E-state index >= 15 is 0 Å². The zero-order valence-corrected chi connectivity index (χ0v) is 10.7. The van der Waals surface area contributed by atoms with Crippen molar-refractivity contribution in [1.29, 1.82) is 0 Å². The van der Waals surface area contributed by atoms with E-state index in [9.17, 15) is 0 Å². The summed E-state index contributed by atoms with van der Waals surface area (Å²) in [5.41, 5.74) is 5.57. The second kappa shape index (κ2) is 4.60. The maximum Gasteiger partial charge on any atom is 0.0861 e. The van der Waals surface area contributed by atoms with Crippen LogP contribution in [0.4, 0.5) is 0 Å². The van der Waals surface area contributed by atoms with Gasteiger partial charge in [0.25, 0.3) is 0 Å². The lowest BCUT2D eigenvalue weighted by Gasteiger charge is -2.36. The Morgan fingerprint density at radius 3 is 1.93 bits per heavy atom. The zero-order chi connectivity index (χ0) is 11.6. The lowest BCUT2D eigenvalue weighted by atomic mass is 9.90. The molecule has 3 heteroatoms. The Hall–Kier alpha value is -0.120. The van der Waals surface area contributed by atoms with Crippen molar-refractivity contribution in [2.75, 3.05) is 7.05 Å². The quantitative estimate of drug-likeness (QED) is 0.694. The fourth-order valence-electron chi connectivity index (χ4n) is 1.62. The fraction of sp³-hybridized carbons (Fsp3) is 1.00. The minimum Gasteiger partial charge on any atom is -0.325 e. The SMILES string of the molecule is CC(C)N(C)OC(C)(C)CC(C)(C)N. The average Bonchev–Trinajstić information content (AvgIpc) is 1.78. The van der Waals surface area contributed by atoms with E-state index in [1.165, 1.54) is 0 Å². The zero-order valence-electron chi connectivity index (χ0n) is 10.7. The molecular weight excluding hydrogens is 176 g/mol. The smallest absolute Gasteiger partial charge is 0.0861 e. The highest BCUT2D eigenvalue weighted by Gasteiger charge is 2.28. The Balaban J connectivity index is 4.20. The van der Waals surface area contributed by atoms with Gasteiger partial charge in [-0.3, -0.25) is 4.84 Å². The number of nitrogens with zero attached hydrogens (tertiary/aromatic N) is 1. The molecule has 0 aliphatic heterocycles. The van der Waals surface area contributed by atoms with Crippen LogP contribution in [0.1, 0.15) is 48.0 Å². The van der Waals surface area contributed by atoms with Crippen LogP contribution in [0.25, 0.3) is 0 Å². The molecule has 0 radical (unpaired) electrons. The van der Waals surface area contributed by atoms with Crippen molar-refractivity contribution in [1.82, 2.24) is 5.06 Å². The standard InChI is InChI=1S/C11H26N2O/c1-9(2)13(7)14-11(5,6)8-10(3,4)12/h9H,8,12H2,1-7H3. The van der Waals surface area contributed by atoms with Gasteiger partial charge in [-0.25, -0.2) is 0 Å². The molecule has 0 rings (SSSR count). The van der Waals surface area contributed by atoms with E-state index in [1.807, 2.05) is 26.0 Å². The Bertz CT molecular complexity index is 171. The van der Waals surface area contributed by atoms with Crippen LogP contribution in [0.3, 0.4) is 0 Å². The van der Waals surface area contributed by atoms with Gasteiger partial charge in [-0.2, -0.15) is 5.06 Å². The average molecular weight is 202 g/mol. The van der Waals surface area contributed by atoms with Crippen molar-refractivity contribution in [3.8, 4) is 0 Å². The van der Waals surface area contributed by atoms with Crippen LogP contribution in [-0.2, 0) is 4.84 Å². The summed E-state index contributed by atoms with van der Waals surface area (Å²) in [4.78, 5) is 5.83. The maximum atomic E-state index is 5.97. The van der Waals surface area contributed by atoms with E-state index < -0.39 is 0 Å². The summed E-state index contributed by atoms with van der Waals surface area (Å²) in [6.45, 7) is 12.4. The lowest BCUT2D eigenvalue weighted by Crippen LogP contribution is -2.45. The van der Waals surface area contributed by atoms with Gasteiger partial charge in [0.15, 0.2) is 0 Å². The molecule has 3 nitrogen and oxygen atoms in total. The van der Waals surface area contributed by atoms with E-state index in [4.69, 9.17) is 10.6 Å². The van der Waals surface area contributed by atoms with Crippen LogP contribution in [0.5, 0.6) is 0 Å². The van der Waals surface area contributed by atoms with Crippen molar-refractivity contribution in [3.63, 3.8) is 0 Å². The molecule has 0 aromatic carbocycles. The molecule has 2 N–H and O–H groups in total. The van der Waals surface area contributed by atoms with Gasteiger partial charge < -0.3 is 5.73 Å². The summed E-state index contributed by atoms with van der Waals surface area (Å²) >= 11 is 0. The molecule has 0 spiro atoms. The summed E-state index contributed by atoms with van der Waals surface area (Å²) in [7, 11) is 1.95. The third-order valence-electron chi connectivity index (χ3n) is 2.00. The van der Waals surface area contributed by atoms with Crippen LogP contribution in [0.2, 0.25) is 0 Å². The monoisotopic (exact) mass is 202 g/mol. The molecule has 14 heavy (non-hydrogen) atoms. The topological polar surface area (TPSA) is 38.5 Å². The Morgan fingerprint density at radius 1 is 1.21 bits per heavy atom. The van der Waals surface area contributed by atoms with Gasteiger partial charge in [0.05, 0.1) is 5.60 Å². The summed E-state index contributed by atoms with van der Waals surface area (Å²) in [6.07, 6.45) is 0.830. The molecule has 0 aromatic heterocycles. The van der Waals surface area contributed by atoms with Gasteiger partial charge in [-0.1, -0.05) is 0 Å². The van der Waals surface area contributed by atoms with Crippen molar-refractivity contribution in [3.05, 3.63) is 0 Å².